The first kappa shape index (κ1) is 22.7. The second-order valence-electron chi connectivity index (χ2n) is 7.17. The molecule has 1 rings (SSSR count). The van der Waals surface area contributed by atoms with Gasteiger partial charge in [0.2, 0.25) is 5.91 Å². The van der Waals surface area contributed by atoms with Gasteiger partial charge in [0.15, 0.2) is 5.96 Å². The molecular weight excluding hydrogens is 330 g/mol. The topological polar surface area (TPSA) is 69.2 Å². The van der Waals surface area contributed by atoms with E-state index in [0.29, 0.717) is 18.9 Å². The lowest BCUT2D eigenvalue weighted by atomic mass is 9.93. The molecule has 1 fully saturated rings. The molecule has 1 unspecified atom stereocenters. The Morgan fingerprint density at radius 2 is 2.00 bits per heavy atom. The number of rotatable bonds is 10. The first-order valence-electron chi connectivity index (χ1n) is 10.00. The van der Waals surface area contributed by atoms with E-state index in [4.69, 9.17) is 9.73 Å². The van der Waals surface area contributed by atoms with E-state index in [1.165, 1.54) is 0 Å². The van der Waals surface area contributed by atoms with E-state index < -0.39 is 0 Å². The van der Waals surface area contributed by atoms with Crippen LogP contribution in [0.5, 0.6) is 0 Å². The highest BCUT2D eigenvalue weighted by atomic mass is 16.5. The molecule has 2 N–H and O–H groups in total. The summed E-state index contributed by atoms with van der Waals surface area (Å²) in [6, 6.07) is 0. The molecule has 1 atom stereocenters. The molecule has 152 valence electrons. The average Bonchev–Trinajstić information content (AvgIpc) is 2.63. The van der Waals surface area contributed by atoms with E-state index in [1.54, 1.807) is 7.05 Å². The van der Waals surface area contributed by atoms with Gasteiger partial charge in [0.25, 0.3) is 0 Å². The van der Waals surface area contributed by atoms with E-state index in [0.717, 1.165) is 58.0 Å². The highest BCUT2D eigenvalue weighted by Crippen LogP contribution is 2.20. The second-order valence-corrected chi connectivity index (χ2v) is 7.17. The van der Waals surface area contributed by atoms with Gasteiger partial charge >= 0.3 is 0 Å². The summed E-state index contributed by atoms with van der Waals surface area (Å²) in [5, 5.41) is 6.14. The molecule has 0 aromatic heterocycles. The summed E-state index contributed by atoms with van der Waals surface area (Å²) in [5.41, 5.74) is 0. The molecule has 1 saturated heterocycles. The Bertz CT molecular complexity index is 420. The number of nitrogens with one attached hydrogen (secondary N) is 2. The summed E-state index contributed by atoms with van der Waals surface area (Å²) >= 11 is 0. The van der Waals surface area contributed by atoms with Gasteiger partial charge in [-0.2, -0.15) is 0 Å². The van der Waals surface area contributed by atoms with Gasteiger partial charge in [0.05, 0.1) is 12.6 Å². The minimum atomic E-state index is 0.143. The van der Waals surface area contributed by atoms with Crippen LogP contribution in [0.1, 0.15) is 39.5 Å². The molecule has 1 aliphatic heterocycles. The summed E-state index contributed by atoms with van der Waals surface area (Å²) in [5.74, 6) is 1.59. The molecule has 1 aliphatic rings. The maximum atomic E-state index is 11.6. The molecular formula is C19H39N5O2. The van der Waals surface area contributed by atoms with Crippen molar-refractivity contribution in [2.75, 3.05) is 60.5 Å². The van der Waals surface area contributed by atoms with Crippen molar-refractivity contribution in [1.29, 1.82) is 0 Å². The van der Waals surface area contributed by atoms with Crippen molar-refractivity contribution in [3.8, 4) is 0 Å². The lowest BCUT2D eigenvalue weighted by Gasteiger charge is -2.34. The van der Waals surface area contributed by atoms with Crippen LogP contribution in [-0.4, -0.2) is 88.2 Å². The maximum Gasteiger partial charge on any atom is 0.220 e. The van der Waals surface area contributed by atoms with Gasteiger partial charge in [-0.25, -0.2) is 0 Å². The summed E-state index contributed by atoms with van der Waals surface area (Å²) < 4.78 is 5.86. The predicted molar refractivity (Wildman–Crippen MR) is 108 cm³/mol. The van der Waals surface area contributed by atoms with Crippen LogP contribution in [-0.2, 0) is 9.53 Å². The van der Waals surface area contributed by atoms with Crippen molar-refractivity contribution in [3.63, 3.8) is 0 Å². The second kappa shape index (κ2) is 12.9. The number of nitrogens with zero attached hydrogens (tertiary/aromatic N) is 3. The molecule has 7 heteroatoms. The minimum absolute atomic E-state index is 0.143. The maximum absolute atomic E-state index is 11.6. The fraction of sp³-hybridized carbons (Fsp3) is 0.895. The molecule has 0 aromatic carbocycles. The first-order valence-corrected chi connectivity index (χ1v) is 10.00. The zero-order valence-electron chi connectivity index (χ0n) is 17.4. The summed E-state index contributed by atoms with van der Waals surface area (Å²) in [7, 11) is 5.87. The van der Waals surface area contributed by atoms with Crippen molar-refractivity contribution in [2.45, 2.75) is 45.6 Å². The number of hydrogen-bond donors (Lipinski definition) is 2. The van der Waals surface area contributed by atoms with E-state index in [2.05, 4.69) is 41.5 Å². The van der Waals surface area contributed by atoms with Crippen LogP contribution in [0, 0.1) is 5.92 Å². The van der Waals surface area contributed by atoms with Crippen LogP contribution in [0.25, 0.3) is 0 Å². The van der Waals surface area contributed by atoms with Crippen LogP contribution in [0.2, 0.25) is 0 Å². The lowest BCUT2D eigenvalue weighted by Crippen LogP contribution is -2.46. The molecule has 0 aliphatic carbocycles. The van der Waals surface area contributed by atoms with Crippen molar-refractivity contribution in [3.05, 3.63) is 0 Å². The van der Waals surface area contributed by atoms with Gasteiger partial charge in [0, 0.05) is 46.3 Å². The van der Waals surface area contributed by atoms with Crippen LogP contribution >= 0.6 is 0 Å². The Morgan fingerprint density at radius 1 is 1.31 bits per heavy atom. The normalized spacial score (nSPS) is 17.5. The third-order valence-corrected chi connectivity index (χ3v) is 4.75. The predicted octanol–water partition coefficient (Wildman–Crippen LogP) is 1.16. The molecule has 0 saturated carbocycles. The van der Waals surface area contributed by atoms with Crippen molar-refractivity contribution in [1.82, 2.24) is 20.4 Å². The Balaban J connectivity index is 2.57. The Morgan fingerprint density at radius 3 is 2.54 bits per heavy atom. The lowest BCUT2D eigenvalue weighted by molar-refractivity contribution is -0.121. The third kappa shape index (κ3) is 8.85. The Hall–Kier alpha value is -1.34. The standard InChI is InChI=1S/C19H39N5O2/c1-6-21-19(22-15-17(26-7-2)10-11-23(4)5)24-12-8-16(9-13-24)14-18(25)20-3/h16-17H,6-15H2,1-5H3,(H,20,25)(H,21,22). The highest BCUT2D eigenvalue weighted by Gasteiger charge is 2.23. The van der Waals surface area contributed by atoms with Gasteiger partial charge in [-0.1, -0.05) is 0 Å². The van der Waals surface area contributed by atoms with Gasteiger partial charge in [-0.15, -0.1) is 0 Å². The zero-order chi connectivity index (χ0) is 19.4. The number of piperidine rings is 1. The number of ether oxygens (including phenoxy) is 1. The zero-order valence-corrected chi connectivity index (χ0v) is 17.4. The largest absolute Gasteiger partial charge is 0.377 e. The highest BCUT2D eigenvalue weighted by molar-refractivity contribution is 5.80. The van der Waals surface area contributed by atoms with Crippen LogP contribution < -0.4 is 10.6 Å². The molecule has 0 spiro atoms. The number of amides is 1. The molecule has 26 heavy (non-hydrogen) atoms. The van der Waals surface area contributed by atoms with Crippen LogP contribution in [0.15, 0.2) is 4.99 Å². The molecule has 1 heterocycles. The number of aliphatic imine (C=N–C) groups is 1. The fourth-order valence-corrected chi connectivity index (χ4v) is 3.19. The Labute approximate surface area is 159 Å². The van der Waals surface area contributed by atoms with Gasteiger partial charge in [-0.05, 0) is 53.1 Å². The number of carbonyl (C=O) groups is 1. The van der Waals surface area contributed by atoms with E-state index in [1.807, 2.05) is 6.92 Å². The van der Waals surface area contributed by atoms with Crippen LogP contribution in [0.4, 0.5) is 0 Å². The average molecular weight is 370 g/mol. The molecule has 0 bridgehead atoms. The quantitative estimate of drug-likeness (QED) is 0.447. The summed E-state index contributed by atoms with van der Waals surface area (Å²) in [4.78, 5) is 20.9. The number of hydrogen-bond acceptors (Lipinski definition) is 4. The molecule has 0 aromatic rings. The molecule has 7 nitrogen and oxygen atoms in total. The fourth-order valence-electron chi connectivity index (χ4n) is 3.19. The van der Waals surface area contributed by atoms with Crippen molar-refractivity contribution >= 4 is 11.9 Å². The monoisotopic (exact) mass is 369 g/mol. The SMILES string of the molecule is CCNC(=NCC(CCN(C)C)OCC)N1CCC(CC(=O)NC)CC1. The summed E-state index contributed by atoms with van der Waals surface area (Å²) in [6.45, 7) is 9.29. The Kier molecular flexibility index (Phi) is 11.3. The number of carbonyl (C=O) groups excluding carboxylic acids is 1. The van der Waals surface area contributed by atoms with E-state index in [9.17, 15) is 4.79 Å². The van der Waals surface area contributed by atoms with Gasteiger partial charge < -0.3 is 25.2 Å². The van der Waals surface area contributed by atoms with Crippen molar-refractivity contribution < 1.29 is 9.53 Å². The van der Waals surface area contributed by atoms with Crippen molar-refractivity contribution in [2.24, 2.45) is 10.9 Å². The minimum Gasteiger partial charge on any atom is -0.377 e. The smallest absolute Gasteiger partial charge is 0.220 e. The van der Waals surface area contributed by atoms with Gasteiger partial charge in [0.1, 0.15) is 0 Å². The summed E-state index contributed by atoms with van der Waals surface area (Å²) in [6.07, 6.45) is 3.84. The van der Waals surface area contributed by atoms with Gasteiger partial charge in [-0.3, -0.25) is 9.79 Å². The van der Waals surface area contributed by atoms with Crippen LogP contribution in [0.3, 0.4) is 0 Å². The number of likely N-dealkylation sites (tertiary alicyclic amines) is 1. The third-order valence-electron chi connectivity index (χ3n) is 4.75. The molecule has 0 radical (unpaired) electrons. The molecule has 1 amide bonds. The first-order chi connectivity index (χ1) is 12.5. The van der Waals surface area contributed by atoms with E-state index in [-0.39, 0.29) is 12.0 Å². The van der Waals surface area contributed by atoms with E-state index >= 15 is 0 Å². The number of guanidine groups is 1.